The molecule has 4 aliphatic rings. The van der Waals surface area contributed by atoms with Crippen LogP contribution < -0.4 is 10.7 Å². The van der Waals surface area contributed by atoms with Gasteiger partial charge in [-0.2, -0.15) is 0 Å². The van der Waals surface area contributed by atoms with Crippen molar-refractivity contribution in [1.29, 1.82) is 0 Å². The van der Waals surface area contributed by atoms with E-state index in [1.807, 2.05) is 16.7 Å². The summed E-state index contributed by atoms with van der Waals surface area (Å²) in [6.07, 6.45) is 15.3. The first kappa shape index (κ1) is 22.6. The highest BCUT2D eigenvalue weighted by Crippen LogP contribution is 2.55. The molecule has 4 aliphatic carbocycles. The van der Waals surface area contributed by atoms with Gasteiger partial charge in [-0.1, -0.05) is 19.8 Å². The normalized spacial score (nSPS) is 27.0. The fraction of sp³-hybridized carbons (Fsp3) is 0.517. The number of carbonyl (C=O) groups is 1. The third kappa shape index (κ3) is 4.01. The minimum Gasteiger partial charge on any atom is -0.346 e. The average Bonchev–Trinajstić information content (AvgIpc) is 3.34. The van der Waals surface area contributed by atoms with Crippen LogP contribution >= 0.6 is 0 Å². The highest BCUT2D eigenvalue weighted by atomic mass is 19.1. The molecule has 5 nitrogen and oxygen atoms in total. The van der Waals surface area contributed by atoms with Crippen LogP contribution in [0.4, 0.5) is 4.39 Å². The molecular weight excluding hydrogens is 441 g/mol. The van der Waals surface area contributed by atoms with Gasteiger partial charge < -0.3 is 14.5 Å². The van der Waals surface area contributed by atoms with Gasteiger partial charge in [-0.3, -0.25) is 9.59 Å². The Balaban J connectivity index is 1.40. The Morgan fingerprint density at radius 3 is 2.34 bits per heavy atom. The lowest BCUT2D eigenvalue weighted by molar-refractivity contribution is -0.0167. The molecule has 4 fully saturated rings. The summed E-state index contributed by atoms with van der Waals surface area (Å²) in [5.41, 5.74) is 0.647. The van der Waals surface area contributed by atoms with Crippen molar-refractivity contribution in [2.75, 3.05) is 0 Å². The summed E-state index contributed by atoms with van der Waals surface area (Å²) in [7, 11) is 0. The summed E-state index contributed by atoms with van der Waals surface area (Å²) in [5.74, 6) is 1.34. The van der Waals surface area contributed by atoms with Gasteiger partial charge in [-0.05, 0) is 87.0 Å². The zero-order valence-electron chi connectivity index (χ0n) is 20.4. The summed E-state index contributed by atoms with van der Waals surface area (Å²) >= 11 is 0. The first-order valence-electron chi connectivity index (χ1n) is 13.3. The molecular formula is C29H34FN3O2. The third-order valence-electron chi connectivity index (χ3n) is 8.70. The van der Waals surface area contributed by atoms with E-state index in [1.165, 1.54) is 25.3 Å². The second-order valence-corrected chi connectivity index (χ2v) is 11.3. The van der Waals surface area contributed by atoms with Crippen molar-refractivity contribution in [2.45, 2.75) is 76.8 Å². The monoisotopic (exact) mass is 475 g/mol. The maximum atomic E-state index is 15.2. The third-order valence-corrected chi connectivity index (χ3v) is 8.70. The smallest absolute Gasteiger partial charge is 0.257 e. The molecule has 7 rings (SSSR count). The molecule has 0 spiro atoms. The number of pyridine rings is 1. The molecule has 2 heterocycles. The Kier molecular flexibility index (Phi) is 5.58. The zero-order valence-corrected chi connectivity index (χ0v) is 20.4. The number of nitrogens with zero attached hydrogens (tertiary/aromatic N) is 2. The molecule has 0 aliphatic heterocycles. The maximum absolute atomic E-state index is 15.2. The van der Waals surface area contributed by atoms with E-state index in [9.17, 15) is 9.59 Å². The predicted molar refractivity (Wildman–Crippen MR) is 135 cm³/mol. The number of hydrogen-bond donors (Lipinski definition) is 1. The van der Waals surface area contributed by atoms with Crippen molar-refractivity contribution >= 4 is 16.8 Å². The minimum absolute atomic E-state index is 0.137. The quantitative estimate of drug-likeness (QED) is 0.438. The maximum Gasteiger partial charge on any atom is 0.257 e. The molecule has 0 atom stereocenters. The van der Waals surface area contributed by atoms with Crippen LogP contribution in [-0.4, -0.2) is 20.6 Å². The van der Waals surface area contributed by atoms with Gasteiger partial charge in [-0.25, -0.2) is 4.39 Å². The Hall–Kier alpha value is -2.89. The second kappa shape index (κ2) is 8.65. The van der Waals surface area contributed by atoms with Crippen molar-refractivity contribution in [2.24, 2.45) is 17.8 Å². The summed E-state index contributed by atoms with van der Waals surface area (Å²) in [4.78, 5) is 27.1. The lowest BCUT2D eigenvalue weighted by atomic mass is 9.53. The van der Waals surface area contributed by atoms with Crippen LogP contribution in [0.25, 0.3) is 16.6 Å². The van der Waals surface area contributed by atoms with E-state index >= 15 is 4.39 Å². The first-order chi connectivity index (χ1) is 16.9. The number of halogens is 1. The number of aromatic nitrogens is 2. The van der Waals surface area contributed by atoms with Crippen molar-refractivity contribution in [3.8, 4) is 5.69 Å². The van der Waals surface area contributed by atoms with E-state index in [-0.39, 0.29) is 27.8 Å². The number of rotatable bonds is 7. The van der Waals surface area contributed by atoms with Crippen molar-refractivity contribution in [3.63, 3.8) is 0 Å². The summed E-state index contributed by atoms with van der Waals surface area (Å²) in [6.45, 7) is 2.83. The molecule has 1 aromatic carbocycles. The standard InChI is InChI=1S/C29H34FN3O2/c1-2-3-4-9-33-18-23(28(35)31-29-15-19-10-20(16-29)12-21(11-19)17-29)27(34)22-13-24(30)26(14-25(22)33)32-7-5-6-8-32/h5-8,13-14,18-21H,2-4,9-12,15-17H2,1H3,(H,31,35). The zero-order chi connectivity index (χ0) is 24.2. The summed E-state index contributed by atoms with van der Waals surface area (Å²) < 4.78 is 18.8. The van der Waals surface area contributed by atoms with Gasteiger partial charge in [0.05, 0.1) is 11.2 Å². The first-order valence-corrected chi connectivity index (χ1v) is 13.3. The lowest BCUT2D eigenvalue weighted by Crippen LogP contribution is -2.60. The number of aryl methyl sites for hydroxylation is 1. The number of nitrogens with one attached hydrogen (secondary N) is 1. The van der Waals surface area contributed by atoms with Gasteiger partial charge in [-0.15, -0.1) is 0 Å². The lowest BCUT2D eigenvalue weighted by Gasteiger charge is -2.56. The van der Waals surface area contributed by atoms with Crippen LogP contribution in [0, 0.1) is 23.6 Å². The number of benzene rings is 1. The fourth-order valence-electron chi connectivity index (χ4n) is 7.54. The van der Waals surface area contributed by atoms with Crippen molar-refractivity contribution in [1.82, 2.24) is 14.5 Å². The molecule has 4 bridgehead atoms. The van der Waals surface area contributed by atoms with Gasteiger partial charge in [0.2, 0.25) is 5.43 Å². The van der Waals surface area contributed by atoms with Gasteiger partial charge in [0.15, 0.2) is 0 Å². The molecule has 3 aromatic rings. The molecule has 2 aromatic heterocycles. The molecule has 184 valence electrons. The SMILES string of the molecule is CCCCCn1cc(C(=O)NC23CC4CC(CC(C4)C2)C3)c(=O)c2cc(F)c(-n3cccc3)cc21. The van der Waals surface area contributed by atoms with Crippen LogP contribution in [-0.2, 0) is 6.54 Å². The molecule has 4 saturated carbocycles. The molecule has 0 radical (unpaired) electrons. The van der Waals surface area contributed by atoms with Crippen LogP contribution in [0.5, 0.6) is 0 Å². The highest BCUT2D eigenvalue weighted by molar-refractivity contribution is 5.98. The molecule has 35 heavy (non-hydrogen) atoms. The van der Waals surface area contributed by atoms with Crippen LogP contribution in [0.1, 0.15) is 75.1 Å². The number of amides is 1. The van der Waals surface area contributed by atoms with Crippen molar-refractivity contribution in [3.05, 3.63) is 64.5 Å². The second-order valence-electron chi connectivity index (χ2n) is 11.3. The summed E-state index contributed by atoms with van der Waals surface area (Å²) in [5, 5.41) is 3.61. The average molecular weight is 476 g/mol. The van der Waals surface area contributed by atoms with Crippen LogP contribution in [0.15, 0.2) is 47.7 Å². The number of unbranched alkanes of at least 4 members (excludes halogenated alkanes) is 2. The van der Waals surface area contributed by atoms with Crippen LogP contribution in [0.2, 0.25) is 0 Å². The van der Waals surface area contributed by atoms with Gasteiger partial charge in [0, 0.05) is 36.1 Å². The Morgan fingerprint density at radius 1 is 1.06 bits per heavy atom. The highest BCUT2D eigenvalue weighted by Gasteiger charge is 2.51. The van der Waals surface area contributed by atoms with Crippen LogP contribution in [0.3, 0.4) is 0 Å². The van der Waals surface area contributed by atoms with E-state index in [2.05, 4.69) is 12.2 Å². The number of hydrogen-bond acceptors (Lipinski definition) is 2. The summed E-state index contributed by atoms with van der Waals surface area (Å²) in [6, 6.07) is 6.73. The largest absolute Gasteiger partial charge is 0.346 e. The van der Waals surface area contributed by atoms with Gasteiger partial charge >= 0.3 is 0 Å². The fourth-order valence-corrected chi connectivity index (χ4v) is 7.54. The van der Waals surface area contributed by atoms with E-state index in [4.69, 9.17) is 0 Å². The minimum atomic E-state index is -0.468. The number of fused-ring (bicyclic) bond motifs is 1. The Bertz CT molecular complexity index is 1290. The number of carbonyl (C=O) groups excluding carboxylic acids is 1. The molecule has 0 saturated heterocycles. The molecule has 0 unspecified atom stereocenters. The van der Waals surface area contributed by atoms with E-state index in [1.54, 1.807) is 29.2 Å². The topological polar surface area (TPSA) is 56.0 Å². The van der Waals surface area contributed by atoms with E-state index in [0.717, 1.165) is 38.5 Å². The van der Waals surface area contributed by atoms with E-state index < -0.39 is 5.82 Å². The predicted octanol–water partition coefficient (Wildman–Crippen LogP) is 5.82. The molecule has 1 N–H and O–H groups in total. The Morgan fingerprint density at radius 2 is 1.71 bits per heavy atom. The Labute approximate surface area is 205 Å². The van der Waals surface area contributed by atoms with E-state index in [0.29, 0.717) is 35.5 Å². The van der Waals surface area contributed by atoms with Gasteiger partial charge in [0.1, 0.15) is 11.4 Å². The van der Waals surface area contributed by atoms with Crippen molar-refractivity contribution < 1.29 is 9.18 Å². The molecule has 6 heteroatoms. The van der Waals surface area contributed by atoms with Gasteiger partial charge in [0.25, 0.3) is 5.91 Å². The molecule has 1 amide bonds.